The third-order valence-electron chi connectivity index (χ3n) is 3.28. The van der Waals surface area contributed by atoms with E-state index in [1.54, 1.807) is 12.3 Å². The van der Waals surface area contributed by atoms with Crippen LogP contribution in [0.4, 0.5) is 5.82 Å². The van der Waals surface area contributed by atoms with Crippen molar-refractivity contribution in [1.82, 2.24) is 15.0 Å². The molecule has 1 aliphatic heterocycles. The highest BCUT2D eigenvalue weighted by atomic mass is 35.5. The highest BCUT2D eigenvalue weighted by molar-refractivity contribution is 6.28. The number of primary amides is 1. The molecular formula is C12H12ClN5O. The largest absolute Gasteiger partial charge is 0.368 e. The summed E-state index contributed by atoms with van der Waals surface area (Å²) in [7, 11) is 0. The molecule has 1 fully saturated rings. The lowest BCUT2D eigenvalue weighted by Crippen LogP contribution is -2.40. The number of carbonyl (C=O) groups excluding carboxylic acids is 1. The van der Waals surface area contributed by atoms with E-state index in [9.17, 15) is 4.79 Å². The quantitative estimate of drug-likeness (QED) is 0.832. The van der Waals surface area contributed by atoms with Gasteiger partial charge in [-0.1, -0.05) is 0 Å². The molecular weight excluding hydrogens is 266 g/mol. The fourth-order valence-corrected chi connectivity index (χ4v) is 2.62. The lowest BCUT2D eigenvalue weighted by molar-refractivity contribution is -0.119. The van der Waals surface area contributed by atoms with E-state index in [1.807, 2.05) is 11.0 Å². The Hall–Kier alpha value is -1.95. The van der Waals surface area contributed by atoms with Gasteiger partial charge in [-0.15, -0.1) is 0 Å². The molecule has 1 unspecified atom stereocenters. The molecule has 1 atom stereocenters. The summed E-state index contributed by atoms with van der Waals surface area (Å²) in [6, 6.07) is 3.33. The number of hydrogen-bond donors (Lipinski definition) is 1. The van der Waals surface area contributed by atoms with Gasteiger partial charge in [0.25, 0.3) is 0 Å². The van der Waals surface area contributed by atoms with Gasteiger partial charge in [-0.3, -0.25) is 4.79 Å². The fourth-order valence-electron chi connectivity index (χ4n) is 2.46. The van der Waals surface area contributed by atoms with Gasteiger partial charge in [-0.25, -0.2) is 4.98 Å². The van der Waals surface area contributed by atoms with E-state index in [-0.39, 0.29) is 17.2 Å². The minimum atomic E-state index is -0.343. The van der Waals surface area contributed by atoms with Crippen LogP contribution in [0.15, 0.2) is 18.3 Å². The maximum absolute atomic E-state index is 11.5. The lowest BCUT2D eigenvalue weighted by atomic mass is 10.2. The Balaban J connectivity index is 2.16. The number of hydrogen-bond acceptors (Lipinski definition) is 5. The number of rotatable bonds is 2. The normalized spacial score (nSPS) is 19.0. The molecule has 19 heavy (non-hydrogen) atoms. The zero-order valence-corrected chi connectivity index (χ0v) is 10.8. The van der Waals surface area contributed by atoms with Crippen molar-refractivity contribution in [2.45, 2.75) is 18.9 Å². The van der Waals surface area contributed by atoms with Crippen LogP contribution in [0.3, 0.4) is 0 Å². The maximum Gasteiger partial charge on any atom is 0.240 e. The molecule has 7 heteroatoms. The van der Waals surface area contributed by atoms with E-state index in [4.69, 9.17) is 17.3 Å². The third kappa shape index (κ3) is 2.08. The molecule has 2 aromatic heterocycles. The van der Waals surface area contributed by atoms with Crippen LogP contribution in [0.2, 0.25) is 5.28 Å². The summed E-state index contributed by atoms with van der Waals surface area (Å²) in [5.41, 5.74) is 5.96. The molecule has 2 N–H and O–H groups in total. The molecule has 0 aromatic carbocycles. The Bertz CT molecular complexity index is 647. The van der Waals surface area contributed by atoms with Gasteiger partial charge in [0.05, 0.1) is 5.39 Å². The zero-order chi connectivity index (χ0) is 13.4. The molecule has 0 bridgehead atoms. The first-order valence-electron chi connectivity index (χ1n) is 6.01. The van der Waals surface area contributed by atoms with Gasteiger partial charge in [-0.05, 0) is 36.6 Å². The SMILES string of the molecule is NC(=O)C1CCCN1c1nc(Cl)nc2ncccc12. The van der Waals surface area contributed by atoms with E-state index >= 15 is 0 Å². The highest BCUT2D eigenvalue weighted by Crippen LogP contribution is 2.30. The molecule has 1 saturated heterocycles. The van der Waals surface area contributed by atoms with Crippen molar-refractivity contribution in [3.63, 3.8) is 0 Å². The number of anilines is 1. The van der Waals surface area contributed by atoms with E-state index in [2.05, 4.69) is 15.0 Å². The Morgan fingerprint density at radius 1 is 1.47 bits per heavy atom. The van der Waals surface area contributed by atoms with Gasteiger partial charge in [0, 0.05) is 12.7 Å². The maximum atomic E-state index is 11.5. The van der Waals surface area contributed by atoms with Crippen LogP contribution >= 0.6 is 11.6 Å². The van der Waals surface area contributed by atoms with Crippen LogP contribution in [-0.2, 0) is 4.79 Å². The Morgan fingerprint density at radius 3 is 3.11 bits per heavy atom. The number of nitrogens with two attached hydrogens (primary N) is 1. The molecule has 1 amide bonds. The summed E-state index contributed by atoms with van der Waals surface area (Å²) >= 11 is 5.92. The number of fused-ring (bicyclic) bond motifs is 1. The fraction of sp³-hybridized carbons (Fsp3) is 0.333. The number of carbonyl (C=O) groups is 1. The van der Waals surface area contributed by atoms with Crippen molar-refractivity contribution in [3.8, 4) is 0 Å². The van der Waals surface area contributed by atoms with E-state index in [0.717, 1.165) is 24.8 Å². The summed E-state index contributed by atoms with van der Waals surface area (Å²) in [5, 5.41) is 0.899. The smallest absolute Gasteiger partial charge is 0.240 e. The molecule has 1 aliphatic rings. The second-order valence-corrected chi connectivity index (χ2v) is 4.78. The van der Waals surface area contributed by atoms with Crippen molar-refractivity contribution in [3.05, 3.63) is 23.6 Å². The Morgan fingerprint density at radius 2 is 2.32 bits per heavy atom. The van der Waals surface area contributed by atoms with Crippen LogP contribution in [0.25, 0.3) is 11.0 Å². The molecule has 3 heterocycles. The second kappa shape index (κ2) is 4.62. The lowest BCUT2D eigenvalue weighted by Gasteiger charge is -2.24. The first kappa shape index (κ1) is 12.1. The van der Waals surface area contributed by atoms with E-state index in [0.29, 0.717) is 11.5 Å². The molecule has 0 radical (unpaired) electrons. The van der Waals surface area contributed by atoms with Crippen LogP contribution in [0.1, 0.15) is 12.8 Å². The van der Waals surface area contributed by atoms with Gasteiger partial charge >= 0.3 is 0 Å². The summed E-state index contributed by atoms with van der Waals surface area (Å²) in [5.74, 6) is 0.286. The second-order valence-electron chi connectivity index (χ2n) is 4.44. The number of aromatic nitrogens is 3. The minimum Gasteiger partial charge on any atom is -0.368 e. The summed E-state index contributed by atoms with van der Waals surface area (Å²) in [4.78, 5) is 25.9. The van der Waals surface area contributed by atoms with Crippen LogP contribution < -0.4 is 10.6 Å². The van der Waals surface area contributed by atoms with Gasteiger partial charge in [0.15, 0.2) is 5.65 Å². The average molecular weight is 278 g/mol. The van der Waals surface area contributed by atoms with E-state index < -0.39 is 0 Å². The molecule has 0 aliphatic carbocycles. The Labute approximate surface area is 114 Å². The van der Waals surface area contributed by atoms with Crippen molar-refractivity contribution in [2.75, 3.05) is 11.4 Å². The van der Waals surface area contributed by atoms with Crippen LogP contribution in [0, 0.1) is 0 Å². The number of halogens is 1. The van der Waals surface area contributed by atoms with Crippen LogP contribution in [0.5, 0.6) is 0 Å². The minimum absolute atomic E-state index is 0.122. The molecule has 3 rings (SSSR count). The zero-order valence-electron chi connectivity index (χ0n) is 10.1. The highest BCUT2D eigenvalue weighted by Gasteiger charge is 2.31. The molecule has 98 valence electrons. The number of nitrogens with zero attached hydrogens (tertiary/aromatic N) is 4. The summed E-state index contributed by atoms with van der Waals surface area (Å²) in [6.07, 6.45) is 3.28. The van der Waals surface area contributed by atoms with Crippen molar-refractivity contribution < 1.29 is 4.79 Å². The van der Waals surface area contributed by atoms with Crippen molar-refractivity contribution in [2.24, 2.45) is 5.73 Å². The number of pyridine rings is 1. The van der Waals surface area contributed by atoms with Crippen molar-refractivity contribution >= 4 is 34.4 Å². The predicted molar refractivity (Wildman–Crippen MR) is 71.9 cm³/mol. The molecule has 6 nitrogen and oxygen atoms in total. The standard InChI is InChI=1S/C12H12ClN5O/c13-12-16-10-7(3-1-5-15-10)11(17-12)18-6-2-4-8(18)9(14)19/h1,3,5,8H,2,4,6H2,(H2,14,19). The first-order valence-corrected chi connectivity index (χ1v) is 6.39. The third-order valence-corrected chi connectivity index (χ3v) is 3.45. The van der Waals surface area contributed by atoms with Gasteiger partial charge in [0.2, 0.25) is 11.2 Å². The van der Waals surface area contributed by atoms with Gasteiger partial charge < -0.3 is 10.6 Å². The molecule has 2 aromatic rings. The average Bonchev–Trinajstić information content (AvgIpc) is 2.86. The summed E-state index contributed by atoms with van der Waals surface area (Å²) in [6.45, 7) is 0.727. The van der Waals surface area contributed by atoms with Crippen molar-refractivity contribution in [1.29, 1.82) is 0 Å². The molecule has 0 spiro atoms. The monoisotopic (exact) mass is 277 g/mol. The predicted octanol–water partition coefficient (Wildman–Crippen LogP) is 1.13. The Kier molecular flexibility index (Phi) is 2.94. The molecule has 0 saturated carbocycles. The van der Waals surface area contributed by atoms with E-state index in [1.165, 1.54) is 0 Å². The topological polar surface area (TPSA) is 85.0 Å². The number of amides is 1. The first-order chi connectivity index (χ1) is 9.16. The summed E-state index contributed by atoms with van der Waals surface area (Å²) < 4.78 is 0. The van der Waals surface area contributed by atoms with Gasteiger partial charge in [0.1, 0.15) is 11.9 Å². The van der Waals surface area contributed by atoms with Gasteiger partial charge in [-0.2, -0.15) is 9.97 Å². The van der Waals surface area contributed by atoms with Crippen LogP contribution in [-0.4, -0.2) is 33.4 Å².